The van der Waals surface area contributed by atoms with Crippen LogP contribution in [0, 0.1) is 5.82 Å². The number of carbonyl (C=O) groups excluding carboxylic acids is 2. The molecule has 176 valence electrons. The van der Waals surface area contributed by atoms with Crippen LogP contribution in [0.15, 0.2) is 47.4 Å². The van der Waals surface area contributed by atoms with Crippen LogP contribution in [-0.2, 0) is 16.0 Å². The summed E-state index contributed by atoms with van der Waals surface area (Å²) in [4.78, 5) is 57.7. The highest BCUT2D eigenvalue weighted by Gasteiger charge is 2.29. The van der Waals surface area contributed by atoms with Gasteiger partial charge in [-0.25, -0.2) is 19.0 Å². The number of aromatic amines is 1. The lowest BCUT2D eigenvalue weighted by atomic mass is 10.0. The molecule has 0 unspecified atom stereocenters. The summed E-state index contributed by atoms with van der Waals surface area (Å²) in [6.07, 6.45) is 1.07. The Labute approximate surface area is 190 Å². The van der Waals surface area contributed by atoms with E-state index in [2.05, 4.69) is 25.6 Å². The number of hydrogen-bond donors (Lipinski definition) is 6. The monoisotopic (exact) mass is 470 g/mol. The predicted molar refractivity (Wildman–Crippen MR) is 121 cm³/mol. The molecule has 3 rings (SSSR count). The second kappa shape index (κ2) is 10.1. The Morgan fingerprint density at radius 1 is 1.24 bits per heavy atom. The molecule has 0 aliphatic rings. The minimum Gasteiger partial charge on any atom is -0.480 e. The zero-order valence-electron chi connectivity index (χ0n) is 17.4. The van der Waals surface area contributed by atoms with Gasteiger partial charge in [0.25, 0.3) is 5.56 Å². The number of nitrogens with two attached hydrogens (primary N) is 2. The van der Waals surface area contributed by atoms with Crippen LogP contribution in [0.2, 0.25) is 0 Å². The third-order valence-electron chi connectivity index (χ3n) is 4.53. The number of pyridine rings is 1. The number of nitrogens with one attached hydrogen (secondary N) is 3. The maximum Gasteiger partial charge on any atom is 0.327 e. The normalized spacial score (nSPS) is 11.3. The van der Waals surface area contributed by atoms with Crippen molar-refractivity contribution in [3.05, 3.63) is 64.3 Å². The molecule has 0 radical (unpaired) electrons. The predicted octanol–water partition coefficient (Wildman–Crippen LogP) is 0.771. The highest BCUT2D eigenvalue weighted by atomic mass is 19.1. The minimum absolute atomic E-state index is 0.0932. The fourth-order valence-corrected chi connectivity index (χ4v) is 3.01. The first-order chi connectivity index (χ1) is 16.2. The largest absolute Gasteiger partial charge is 0.480 e. The second-order valence-electron chi connectivity index (χ2n) is 6.88. The van der Waals surface area contributed by atoms with Crippen molar-refractivity contribution in [3.63, 3.8) is 0 Å². The molecular formula is C20H19FN8O5. The first kappa shape index (κ1) is 23.6. The first-order valence-electron chi connectivity index (χ1n) is 9.58. The molecule has 1 atom stereocenters. The van der Waals surface area contributed by atoms with Crippen LogP contribution in [-0.4, -0.2) is 44.5 Å². The number of H-pyrrole nitrogens is 1. The lowest BCUT2D eigenvalue weighted by Crippen LogP contribution is -2.43. The molecular weight excluding hydrogens is 451 g/mol. The number of carboxylic acids is 1. The third-order valence-corrected chi connectivity index (χ3v) is 4.53. The molecule has 0 saturated heterocycles. The van der Waals surface area contributed by atoms with Crippen molar-refractivity contribution >= 4 is 47.4 Å². The fourth-order valence-electron chi connectivity index (χ4n) is 3.01. The Kier molecular flexibility index (Phi) is 7.01. The maximum absolute atomic E-state index is 14.8. The van der Waals surface area contributed by atoms with Crippen LogP contribution in [0.25, 0.3) is 0 Å². The van der Waals surface area contributed by atoms with Crippen LogP contribution in [0.1, 0.15) is 5.56 Å². The summed E-state index contributed by atoms with van der Waals surface area (Å²) in [6.45, 7) is 0. The quantitative estimate of drug-likeness (QED) is 0.256. The van der Waals surface area contributed by atoms with Crippen LogP contribution >= 0.6 is 0 Å². The van der Waals surface area contributed by atoms with Gasteiger partial charge in [0.05, 0.1) is 11.9 Å². The molecule has 0 fully saturated rings. The van der Waals surface area contributed by atoms with E-state index in [9.17, 15) is 28.7 Å². The summed E-state index contributed by atoms with van der Waals surface area (Å²) in [6, 6.07) is 6.90. The summed E-state index contributed by atoms with van der Waals surface area (Å²) in [7, 11) is 0. The molecule has 3 aromatic rings. The molecule has 0 bridgehead atoms. The van der Waals surface area contributed by atoms with E-state index < -0.39 is 35.2 Å². The Bertz CT molecular complexity index is 1280. The molecule has 8 N–H and O–H groups in total. The first-order valence-corrected chi connectivity index (χ1v) is 9.58. The molecule has 2 heterocycles. The van der Waals surface area contributed by atoms with E-state index in [0.29, 0.717) is 10.5 Å². The average Bonchev–Trinajstić information content (AvgIpc) is 2.78. The van der Waals surface area contributed by atoms with Crippen molar-refractivity contribution in [2.24, 2.45) is 0 Å². The van der Waals surface area contributed by atoms with Crippen LogP contribution < -0.4 is 32.6 Å². The highest BCUT2D eigenvalue weighted by Crippen LogP contribution is 2.22. The van der Waals surface area contributed by atoms with Crippen molar-refractivity contribution in [1.29, 1.82) is 0 Å². The van der Waals surface area contributed by atoms with E-state index in [1.165, 1.54) is 0 Å². The van der Waals surface area contributed by atoms with Gasteiger partial charge in [-0.05, 0) is 5.56 Å². The molecule has 3 amide bonds. The molecule has 14 heteroatoms. The van der Waals surface area contributed by atoms with E-state index in [1.807, 2.05) is 0 Å². The number of nitrogen functional groups attached to an aromatic ring is 2. The van der Waals surface area contributed by atoms with Crippen molar-refractivity contribution in [2.45, 2.75) is 12.5 Å². The summed E-state index contributed by atoms with van der Waals surface area (Å²) in [5.41, 5.74) is 10.2. The van der Waals surface area contributed by atoms with E-state index in [4.69, 9.17) is 11.5 Å². The number of carbonyl (C=O) groups is 3. The molecule has 0 saturated carbocycles. The lowest BCUT2D eigenvalue weighted by Gasteiger charge is -2.24. The Balaban J connectivity index is 1.79. The van der Waals surface area contributed by atoms with Crippen molar-refractivity contribution < 1.29 is 23.9 Å². The zero-order valence-corrected chi connectivity index (χ0v) is 17.4. The number of amides is 3. The topological polar surface area (TPSA) is 209 Å². The number of hydrogen-bond acceptors (Lipinski definition) is 8. The third kappa shape index (κ3) is 5.42. The number of halogens is 1. The Hall–Kier alpha value is -5.01. The smallest absolute Gasteiger partial charge is 0.327 e. The van der Waals surface area contributed by atoms with Gasteiger partial charge in [-0.1, -0.05) is 30.3 Å². The molecule has 2 aromatic heterocycles. The summed E-state index contributed by atoms with van der Waals surface area (Å²) in [5.74, 6) is -3.57. The number of anilines is 5. The molecule has 13 nitrogen and oxygen atoms in total. The van der Waals surface area contributed by atoms with Gasteiger partial charge in [0.15, 0.2) is 23.1 Å². The minimum atomic E-state index is -1.43. The molecule has 0 spiro atoms. The van der Waals surface area contributed by atoms with Gasteiger partial charge >= 0.3 is 12.0 Å². The molecule has 34 heavy (non-hydrogen) atoms. The zero-order chi connectivity index (χ0) is 24.8. The van der Waals surface area contributed by atoms with Crippen molar-refractivity contribution in [3.8, 4) is 0 Å². The number of aromatic nitrogens is 3. The molecule has 1 aromatic carbocycles. The number of benzene rings is 1. The van der Waals surface area contributed by atoms with E-state index >= 15 is 0 Å². The summed E-state index contributed by atoms with van der Waals surface area (Å²) >= 11 is 0. The number of aliphatic carboxylic acids is 1. The van der Waals surface area contributed by atoms with Crippen LogP contribution in [0.3, 0.4) is 0 Å². The molecule has 0 aliphatic carbocycles. The van der Waals surface area contributed by atoms with E-state index in [0.717, 1.165) is 12.3 Å². The number of urea groups is 1. The van der Waals surface area contributed by atoms with Gasteiger partial charge in [0.2, 0.25) is 12.4 Å². The van der Waals surface area contributed by atoms with Crippen molar-refractivity contribution in [2.75, 3.05) is 27.0 Å². The van der Waals surface area contributed by atoms with Crippen molar-refractivity contribution in [1.82, 2.24) is 15.0 Å². The number of carboxylic acid groups (broad SMARTS) is 1. The second-order valence-corrected chi connectivity index (χ2v) is 6.88. The fraction of sp³-hybridized carbons (Fsp3) is 0.100. The maximum atomic E-state index is 14.8. The van der Waals surface area contributed by atoms with Crippen LogP contribution in [0.4, 0.5) is 38.1 Å². The molecule has 0 aliphatic heterocycles. The SMILES string of the molecule is Nc1nc(N)c(NC(=O)Nc2cnc(N(C=O)[C@@H](Cc3ccccc3)C(=O)O)c(F)c2)c(=O)[nH]1. The van der Waals surface area contributed by atoms with E-state index in [1.54, 1.807) is 30.3 Å². The summed E-state index contributed by atoms with van der Waals surface area (Å²) < 4.78 is 14.8. The van der Waals surface area contributed by atoms with Gasteiger partial charge in [-0.2, -0.15) is 4.98 Å². The van der Waals surface area contributed by atoms with E-state index in [-0.39, 0.29) is 36.0 Å². The lowest BCUT2D eigenvalue weighted by molar-refractivity contribution is -0.139. The average molecular weight is 470 g/mol. The van der Waals surface area contributed by atoms with Crippen LogP contribution in [0.5, 0.6) is 0 Å². The van der Waals surface area contributed by atoms with Gasteiger partial charge in [-0.3, -0.25) is 24.8 Å². The standard InChI is InChI=1S/C20H19FN8O5/c21-12-7-11(25-20(34)26-14-15(22)27-19(23)28-17(14)31)8-24-16(12)29(9-30)13(18(32)33)6-10-4-2-1-3-5-10/h1-5,7-9,13H,6H2,(H,32,33)(H2,25,26,34)(H5,22,23,27,28,31)/t13-/m0/s1. The highest BCUT2D eigenvalue weighted by molar-refractivity contribution is 6.01. The van der Waals surface area contributed by atoms with Gasteiger partial charge < -0.3 is 21.9 Å². The Morgan fingerprint density at radius 3 is 2.53 bits per heavy atom. The number of rotatable bonds is 8. The van der Waals surface area contributed by atoms with Gasteiger partial charge in [0, 0.05) is 12.5 Å². The summed E-state index contributed by atoms with van der Waals surface area (Å²) in [5, 5.41) is 14.0. The number of nitrogens with zero attached hydrogens (tertiary/aromatic N) is 3. The van der Waals surface area contributed by atoms with Gasteiger partial charge in [-0.15, -0.1) is 0 Å². The van der Waals surface area contributed by atoms with Gasteiger partial charge in [0.1, 0.15) is 6.04 Å². The Morgan fingerprint density at radius 2 is 1.94 bits per heavy atom.